The molecule has 1 atom stereocenters. The van der Waals surface area contributed by atoms with Gasteiger partial charge in [-0.2, -0.15) is 0 Å². The molecule has 2 heterocycles. The molecule has 2 aromatic carbocycles. The second kappa shape index (κ2) is 9.40. The molecule has 34 heavy (non-hydrogen) atoms. The molecular formula is C25H21ClN2O5S. The monoisotopic (exact) mass is 496 g/mol. The second-order valence-electron chi connectivity index (χ2n) is 7.72. The first-order chi connectivity index (χ1) is 16.2. The number of aryl methyl sites for hydroxylation is 2. The Morgan fingerprint density at radius 2 is 1.88 bits per heavy atom. The molecule has 1 aromatic heterocycles. The van der Waals surface area contributed by atoms with Gasteiger partial charge in [-0.1, -0.05) is 64.9 Å². The van der Waals surface area contributed by atoms with E-state index in [1.165, 1.54) is 4.90 Å². The highest BCUT2D eigenvalue weighted by Gasteiger charge is 2.48. The molecule has 9 heteroatoms. The van der Waals surface area contributed by atoms with Gasteiger partial charge < -0.3 is 9.84 Å². The maximum Gasteiger partial charge on any atom is 0.350 e. The van der Waals surface area contributed by atoms with Crippen LogP contribution in [0.4, 0.5) is 5.13 Å². The van der Waals surface area contributed by atoms with Crippen LogP contribution in [0.1, 0.15) is 45.0 Å². The lowest BCUT2D eigenvalue weighted by Gasteiger charge is -2.23. The van der Waals surface area contributed by atoms with Gasteiger partial charge in [0.1, 0.15) is 10.6 Å². The van der Waals surface area contributed by atoms with Crippen LogP contribution < -0.4 is 4.90 Å². The largest absolute Gasteiger partial charge is 0.507 e. The number of aliphatic hydroxyl groups is 1. The molecule has 0 bridgehead atoms. The number of anilines is 1. The average Bonchev–Trinajstić information content (AvgIpc) is 3.31. The lowest BCUT2D eigenvalue weighted by molar-refractivity contribution is -0.132. The number of hydrogen-bond donors (Lipinski definition) is 1. The van der Waals surface area contributed by atoms with Crippen LogP contribution in [-0.2, 0) is 14.3 Å². The van der Waals surface area contributed by atoms with Crippen molar-refractivity contribution in [1.29, 1.82) is 0 Å². The number of Topliss-reactive ketones (excluding diaryl/α,β-unsaturated/α-hetero) is 1. The fourth-order valence-electron chi connectivity index (χ4n) is 3.76. The van der Waals surface area contributed by atoms with E-state index in [4.69, 9.17) is 16.3 Å². The summed E-state index contributed by atoms with van der Waals surface area (Å²) in [6.07, 6.45) is 0. The SMILES string of the molecule is CCOC(=O)c1sc(N2C(=O)C(=O)C(=C(O)c3ccc(C)cc3)[C@H]2c2cccc(Cl)c2)nc1C. The summed E-state index contributed by atoms with van der Waals surface area (Å²) in [5.74, 6) is -2.57. The van der Waals surface area contributed by atoms with Crippen molar-refractivity contribution in [3.8, 4) is 0 Å². The number of thiazole rings is 1. The second-order valence-corrected chi connectivity index (χ2v) is 9.14. The van der Waals surface area contributed by atoms with Crippen molar-refractivity contribution in [3.05, 3.63) is 86.4 Å². The quantitative estimate of drug-likeness (QED) is 0.225. The number of amides is 1. The van der Waals surface area contributed by atoms with E-state index >= 15 is 0 Å². The summed E-state index contributed by atoms with van der Waals surface area (Å²) in [5.41, 5.74) is 2.20. The summed E-state index contributed by atoms with van der Waals surface area (Å²) in [6, 6.07) is 12.7. The topological polar surface area (TPSA) is 96.8 Å². The van der Waals surface area contributed by atoms with Gasteiger partial charge in [0.05, 0.1) is 23.9 Å². The first-order valence-electron chi connectivity index (χ1n) is 10.5. The minimum absolute atomic E-state index is 0.0818. The molecule has 4 rings (SSSR count). The Labute approximate surface area is 205 Å². The van der Waals surface area contributed by atoms with Crippen molar-refractivity contribution >= 4 is 51.5 Å². The maximum absolute atomic E-state index is 13.2. The molecule has 1 N–H and O–H groups in total. The normalized spacial score (nSPS) is 17.3. The first kappa shape index (κ1) is 23.7. The zero-order valence-electron chi connectivity index (χ0n) is 18.7. The molecule has 1 amide bonds. The van der Waals surface area contributed by atoms with Gasteiger partial charge in [0.25, 0.3) is 5.78 Å². The minimum atomic E-state index is -0.986. The highest BCUT2D eigenvalue weighted by molar-refractivity contribution is 7.17. The van der Waals surface area contributed by atoms with Crippen LogP contribution in [0.5, 0.6) is 0 Å². The van der Waals surface area contributed by atoms with E-state index < -0.39 is 23.7 Å². The van der Waals surface area contributed by atoms with Gasteiger partial charge in [-0.3, -0.25) is 14.5 Å². The molecule has 3 aromatic rings. The number of aromatic nitrogens is 1. The number of hydrogen-bond acceptors (Lipinski definition) is 7. The number of ether oxygens (including phenoxy) is 1. The molecule has 1 aliphatic rings. The number of nitrogens with zero attached hydrogens (tertiary/aromatic N) is 2. The third-order valence-electron chi connectivity index (χ3n) is 5.39. The zero-order valence-corrected chi connectivity index (χ0v) is 20.2. The summed E-state index contributed by atoms with van der Waals surface area (Å²) in [6.45, 7) is 5.41. The third-order valence-corrected chi connectivity index (χ3v) is 6.76. The lowest BCUT2D eigenvalue weighted by Crippen LogP contribution is -2.29. The Morgan fingerprint density at radius 1 is 1.18 bits per heavy atom. The number of rotatable bonds is 5. The summed E-state index contributed by atoms with van der Waals surface area (Å²) < 4.78 is 5.08. The van der Waals surface area contributed by atoms with Gasteiger partial charge in [-0.25, -0.2) is 9.78 Å². The van der Waals surface area contributed by atoms with Crippen LogP contribution >= 0.6 is 22.9 Å². The van der Waals surface area contributed by atoms with Crippen molar-refractivity contribution in [2.45, 2.75) is 26.8 Å². The van der Waals surface area contributed by atoms with E-state index in [2.05, 4.69) is 4.98 Å². The number of carbonyl (C=O) groups excluding carboxylic acids is 3. The highest BCUT2D eigenvalue weighted by atomic mass is 35.5. The Bertz CT molecular complexity index is 1330. The van der Waals surface area contributed by atoms with E-state index in [1.807, 2.05) is 6.92 Å². The molecule has 7 nitrogen and oxygen atoms in total. The van der Waals surface area contributed by atoms with Crippen molar-refractivity contribution < 1.29 is 24.2 Å². The number of ketones is 1. The van der Waals surface area contributed by atoms with Crippen molar-refractivity contribution in [2.24, 2.45) is 0 Å². The molecule has 174 valence electrons. The van der Waals surface area contributed by atoms with Crippen LogP contribution in [0.2, 0.25) is 5.02 Å². The minimum Gasteiger partial charge on any atom is -0.507 e. The summed E-state index contributed by atoms with van der Waals surface area (Å²) in [5, 5.41) is 11.7. The molecule has 0 unspecified atom stereocenters. The Balaban J connectivity index is 1.91. The number of aliphatic hydroxyl groups excluding tert-OH is 1. The number of esters is 1. The Kier molecular flexibility index (Phi) is 6.54. The molecule has 0 aliphatic carbocycles. The maximum atomic E-state index is 13.2. The molecule has 1 fully saturated rings. The van der Waals surface area contributed by atoms with Crippen molar-refractivity contribution in [3.63, 3.8) is 0 Å². The average molecular weight is 497 g/mol. The van der Waals surface area contributed by atoms with E-state index in [-0.39, 0.29) is 27.9 Å². The zero-order chi connectivity index (χ0) is 24.6. The Hall–Kier alpha value is -3.49. The predicted molar refractivity (Wildman–Crippen MR) is 130 cm³/mol. The van der Waals surface area contributed by atoms with Gasteiger partial charge in [-0.15, -0.1) is 0 Å². The molecule has 0 spiro atoms. The van der Waals surface area contributed by atoms with E-state index in [0.717, 1.165) is 16.9 Å². The Morgan fingerprint density at radius 3 is 2.53 bits per heavy atom. The molecule has 0 saturated carbocycles. The standard InChI is InChI=1S/C25H21ClN2O5S/c1-4-33-24(32)22-14(3)27-25(34-22)28-19(16-6-5-7-17(26)12-16)18(21(30)23(28)31)20(29)15-10-8-13(2)9-11-15/h5-12,19,29H,4H2,1-3H3/t19-/m1/s1. The predicted octanol–water partition coefficient (Wildman–Crippen LogP) is 5.22. The van der Waals surface area contributed by atoms with Crippen LogP contribution in [0.3, 0.4) is 0 Å². The highest BCUT2D eigenvalue weighted by Crippen LogP contribution is 2.44. The molecule has 0 radical (unpaired) electrons. The van der Waals surface area contributed by atoms with Crippen LogP contribution in [0.15, 0.2) is 54.1 Å². The van der Waals surface area contributed by atoms with Crippen molar-refractivity contribution in [1.82, 2.24) is 4.98 Å². The van der Waals surface area contributed by atoms with Crippen LogP contribution in [-0.4, -0.2) is 34.4 Å². The first-order valence-corrected chi connectivity index (χ1v) is 11.7. The molecule has 1 saturated heterocycles. The van der Waals surface area contributed by atoms with Crippen molar-refractivity contribution in [2.75, 3.05) is 11.5 Å². The lowest BCUT2D eigenvalue weighted by atomic mass is 9.95. The smallest absolute Gasteiger partial charge is 0.350 e. The number of carbonyl (C=O) groups is 3. The van der Waals surface area contributed by atoms with Gasteiger partial charge in [0.15, 0.2) is 5.13 Å². The third kappa shape index (κ3) is 4.22. The van der Waals surface area contributed by atoms with Gasteiger partial charge in [0, 0.05) is 10.6 Å². The van der Waals surface area contributed by atoms with Gasteiger partial charge in [-0.05, 0) is 38.5 Å². The number of halogens is 1. The fraction of sp³-hybridized carbons (Fsp3) is 0.200. The van der Waals surface area contributed by atoms with E-state index in [9.17, 15) is 19.5 Å². The van der Waals surface area contributed by atoms with Crippen LogP contribution in [0.25, 0.3) is 5.76 Å². The summed E-state index contributed by atoms with van der Waals surface area (Å²) in [7, 11) is 0. The number of benzene rings is 2. The summed E-state index contributed by atoms with van der Waals surface area (Å²) in [4.78, 5) is 44.6. The molecule has 1 aliphatic heterocycles. The summed E-state index contributed by atoms with van der Waals surface area (Å²) >= 11 is 7.17. The van der Waals surface area contributed by atoms with Gasteiger partial charge >= 0.3 is 11.9 Å². The van der Waals surface area contributed by atoms with E-state index in [0.29, 0.717) is 21.8 Å². The van der Waals surface area contributed by atoms with Gasteiger partial charge in [0.2, 0.25) is 0 Å². The van der Waals surface area contributed by atoms with Crippen LogP contribution in [0, 0.1) is 13.8 Å². The fourth-order valence-corrected chi connectivity index (χ4v) is 4.95. The molecular weight excluding hydrogens is 476 g/mol. The van der Waals surface area contributed by atoms with E-state index in [1.54, 1.807) is 62.4 Å².